The second-order valence-electron chi connectivity index (χ2n) is 6.89. The average Bonchev–Trinajstić information content (AvgIpc) is 3.21. The van der Waals surface area contributed by atoms with Gasteiger partial charge in [-0.1, -0.05) is 43.6 Å². The normalized spacial score (nSPS) is 11.5. The molecule has 0 aliphatic carbocycles. The molecule has 0 spiro atoms. The van der Waals surface area contributed by atoms with Crippen molar-refractivity contribution >= 4 is 44.0 Å². The number of thiazole rings is 1. The average molecular weight is 480 g/mol. The van der Waals surface area contributed by atoms with Gasteiger partial charge in [-0.25, -0.2) is 18.1 Å². The highest BCUT2D eigenvalue weighted by molar-refractivity contribution is 7.89. The van der Waals surface area contributed by atoms with Crippen molar-refractivity contribution in [3.63, 3.8) is 0 Å². The number of hydrogen-bond acceptors (Lipinski definition) is 6. The predicted octanol–water partition coefficient (Wildman–Crippen LogP) is 4.53. The van der Waals surface area contributed by atoms with Gasteiger partial charge in [-0.15, -0.1) is 11.3 Å². The van der Waals surface area contributed by atoms with Crippen molar-refractivity contribution in [2.24, 2.45) is 0 Å². The molecule has 0 unspecified atom stereocenters. The molecule has 2 aromatic carbocycles. The van der Waals surface area contributed by atoms with Crippen LogP contribution in [0.4, 0.5) is 5.13 Å². The number of carbonyl (C=O) groups excluding carboxylic acids is 1. The minimum atomic E-state index is -3.85. The summed E-state index contributed by atoms with van der Waals surface area (Å²) in [6.07, 6.45) is 0. The Balaban J connectivity index is 1.66. The molecule has 0 fully saturated rings. The maximum absolute atomic E-state index is 12.6. The molecular formula is C21H22ClN3O4S2. The van der Waals surface area contributed by atoms with Crippen molar-refractivity contribution in [2.45, 2.75) is 24.7 Å². The Kier molecular flexibility index (Phi) is 7.66. The topological polar surface area (TPSA) is 97.4 Å². The molecule has 2 N–H and O–H groups in total. The van der Waals surface area contributed by atoms with Crippen LogP contribution in [0, 0.1) is 0 Å². The summed E-state index contributed by atoms with van der Waals surface area (Å²) in [5.74, 6) is 0.352. The highest BCUT2D eigenvalue weighted by Gasteiger charge is 2.19. The van der Waals surface area contributed by atoms with Crippen molar-refractivity contribution in [3.8, 4) is 5.75 Å². The second-order valence-corrected chi connectivity index (χ2v) is 9.92. The molecule has 3 aromatic rings. The maximum atomic E-state index is 12.6. The number of halogens is 1. The van der Waals surface area contributed by atoms with E-state index in [0.717, 1.165) is 5.69 Å². The molecule has 1 amide bonds. The molecule has 164 valence electrons. The fraction of sp³-hybridized carbons (Fsp3) is 0.238. The van der Waals surface area contributed by atoms with Crippen molar-refractivity contribution in [1.29, 1.82) is 0 Å². The van der Waals surface area contributed by atoms with E-state index in [-0.39, 0.29) is 34.6 Å². The molecule has 1 aromatic heterocycles. The van der Waals surface area contributed by atoms with Crippen LogP contribution in [0.5, 0.6) is 5.75 Å². The Hall–Kier alpha value is -2.46. The summed E-state index contributed by atoms with van der Waals surface area (Å²) >= 11 is 7.44. The zero-order valence-electron chi connectivity index (χ0n) is 17.0. The summed E-state index contributed by atoms with van der Waals surface area (Å²) < 4.78 is 33.2. The Morgan fingerprint density at radius 3 is 2.61 bits per heavy atom. The smallest absolute Gasteiger partial charge is 0.259 e. The molecular weight excluding hydrogens is 458 g/mol. The molecule has 0 atom stereocenters. The van der Waals surface area contributed by atoms with Gasteiger partial charge in [0.25, 0.3) is 5.91 Å². The lowest BCUT2D eigenvalue weighted by atomic mass is 10.2. The SMILES string of the molecule is CC(C)c1csc(NC(=O)c2cc(S(=O)(=O)NCCOc3ccccc3)ccc2Cl)n1. The van der Waals surface area contributed by atoms with Crippen molar-refractivity contribution < 1.29 is 17.9 Å². The van der Waals surface area contributed by atoms with Gasteiger partial charge >= 0.3 is 0 Å². The summed E-state index contributed by atoms with van der Waals surface area (Å²) in [4.78, 5) is 16.9. The first kappa shape index (κ1) is 23.2. The standard InChI is InChI=1S/C21H22ClN3O4S2/c1-14(2)19-13-30-21(24-19)25-20(26)17-12-16(8-9-18(17)22)31(27,28)23-10-11-29-15-6-4-3-5-7-15/h3-9,12-14,23H,10-11H2,1-2H3,(H,24,25,26). The molecule has 7 nitrogen and oxygen atoms in total. The zero-order chi connectivity index (χ0) is 22.4. The van der Waals surface area contributed by atoms with Gasteiger partial charge < -0.3 is 4.74 Å². The molecule has 0 aliphatic heterocycles. The molecule has 0 radical (unpaired) electrons. The number of carbonyl (C=O) groups is 1. The number of amides is 1. The maximum Gasteiger partial charge on any atom is 0.259 e. The van der Waals surface area contributed by atoms with Gasteiger partial charge in [-0.2, -0.15) is 0 Å². The quantitative estimate of drug-likeness (QED) is 0.439. The number of sulfonamides is 1. The number of aromatic nitrogens is 1. The van der Waals surface area contributed by atoms with E-state index in [1.165, 1.54) is 29.5 Å². The van der Waals surface area contributed by atoms with E-state index in [9.17, 15) is 13.2 Å². The lowest BCUT2D eigenvalue weighted by molar-refractivity contribution is 0.102. The van der Waals surface area contributed by atoms with Crippen molar-refractivity contribution in [2.75, 3.05) is 18.5 Å². The number of para-hydroxylation sites is 1. The molecule has 0 saturated heterocycles. The first-order valence-electron chi connectivity index (χ1n) is 9.50. The van der Waals surface area contributed by atoms with Gasteiger partial charge in [-0.05, 0) is 36.2 Å². The number of ether oxygens (including phenoxy) is 1. The Morgan fingerprint density at radius 2 is 1.94 bits per heavy atom. The zero-order valence-corrected chi connectivity index (χ0v) is 19.4. The monoisotopic (exact) mass is 479 g/mol. The van der Waals surface area contributed by atoms with Crippen LogP contribution in [0.2, 0.25) is 5.02 Å². The molecule has 10 heteroatoms. The van der Waals surface area contributed by atoms with E-state index in [0.29, 0.717) is 10.9 Å². The van der Waals surface area contributed by atoms with Gasteiger partial charge in [0.1, 0.15) is 12.4 Å². The lowest BCUT2D eigenvalue weighted by Crippen LogP contribution is -2.28. The summed E-state index contributed by atoms with van der Waals surface area (Å²) in [6.45, 7) is 4.23. The van der Waals surface area contributed by atoms with E-state index in [4.69, 9.17) is 16.3 Å². The predicted molar refractivity (Wildman–Crippen MR) is 123 cm³/mol. The molecule has 3 rings (SSSR count). The van der Waals surface area contributed by atoms with Gasteiger partial charge in [0, 0.05) is 11.9 Å². The van der Waals surface area contributed by atoms with Crippen LogP contribution in [-0.4, -0.2) is 32.5 Å². The second kappa shape index (κ2) is 10.2. The highest BCUT2D eigenvalue weighted by Crippen LogP contribution is 2.25. The molecule has 1 heterocycles. The minimum Gasteiger partial charge on any atom is -0.492 e. The lowest BCUT2D eigenvalue weighted by Gasteiger charge is -2.10. The fourth-order valence-electron chi connectivity index (χ4n) is 2.56. The van der Waals surface area contributed by atoms with Gasteiger partial charge in [0.15, 0.2) is 5.13 Å². The van der Waals surface area contributed by atoms with E-state index in [2.05, 4.69) is 15.0 Å². The summed E-state index contributed by atoms with van der Waals surface area (Å²) in [6, 6.07) is 13.1. The van der Waals surface area contributed by atoms with Crippen LogP contribution in [0.15, 0.2) is 58.8 Å². The van der Waals surface area contributed by atoms with E-state index >= 15 is 0 Å². The molecule has 0 aliphatic rings. The number of rotatable bonds is 9. The number of anilines is 1. The van der Waals surface area contributed by atoms with Crippen molar-refractivity contribution in [3.05, 3.63) is 70.2 Å². The molecule has 0 saturated carbocycles. The van der Waals surface area contributed by atoms with Crippen LogP contribution < -0.4 is 14.8 Å². The van der Waals surface area contributed by atoms with Gasteiger partial charge in [0.05, 0.1) is 21.2 Å². The summed E-state index contributed by atoms with van der Waals surface area (Å²) in [5, 5.41) is 5.11. The Morgan fingerprint density at radius 1 is 1.19 bits per heavy atom. The van der Waals surface area contributed by atoms with E-state index in [1.54, 1.807) is 12.1 Å². The third-order valence-electron chi connectivity index (χ3n) is 4.23. The summed E-state index contributed by atoms with van der Waals surface area (Å²) in [7, 11) is -3.85. The van der Waals surface area contributed by atoms with Crippen LogP contribution in [0.25, 0.3) is 0 Å². The first-order chi connectivity index (χ1) is 14.8. The number of hydrogen-bond donors (Lipinski definition) is 2. The largest absolute Gasteiger partial charge is 0.492 e. The van der Waals surface area contributed by atoms with Crippen molar-refractivity contribution in [1.82, 2.24) is 9.71 Å². The summed E-state index contributed by atoms with van der Waals surface area (Å²) in [5.41, 5.74) is 0.913. The minimum absolute atomic E-state index is 0.0476. The number of nitrogens with zero attached hydrogens (tertiary/aromatic N) is 1. The Bertz CT molecular complexity index is 1150. The first-order valence-corrected chi connectivity index (χ1v) is 12.2. The fourth-order valence-corrected chi connectivity index (χ4v) is 4.67. The van der Waals surface area contributed by atoms with Crippen LogP contribution in [-0.2, 0) is 10.0 Å². The van der Waals surface area contributed by atoms with E-state index < -0.39 is 15.9 Å². The Labute approximate surface area is 190 Å². The third kappa shape index (κ3) is 6.27. The number of benzene rings is 2. The third-order valence-corrected chi connectivity index (χ3v) is 6.80. The van der Waals surface area contributed by atoms with Gasteiger partial charge in [0.2, 0.25) is 10.0 Å². The van der Waals surface area contributed by atoms with Crippen LogP contribution in [0.1, 0.15) is 35.8 Å². The number of nitrogens with one attached hydrogen (secondary N) is 2. The van der Waals surface area contributed by atoms with E-state index in [1.807, 2.05) is 37.4 Å². The van der Waals surface area contributed by atoms with Gasteiger partial charge in [-0.3, -0.25) is 10.1 Å². The molecule has 31 heavy (non-hydrogen) atoms. The highest BCUT2D eigenvalue weighted by atomic mass is 35.5. The molecule has 0 bridgehead atoms. The van der Waals surface area contributed by atoms with Crippen LogP contribution >= 0.6 is 22.9 Å². The van der Waals surface area contributed by atoms with Crippen LogP contribution in [0.3, 0.4) is 0 Å².